The second-order valence-electron chi connectivity index (χ2n) is 8.70. The Morgan fingerprint density at radius 2 is 1.87 bits per heavy atom. The van der Waals surface area contributed by atoms with Gasteiger partial charge in [-0.2, -0.15) is 0 Å². The summed E-state index contributed by atoms with van der Waals surface area (Å²) in [6.45, 7) is 6.51. The third-order valence-corrected chi connectivity index (χ3v) is 6.60. The van der Waals surface area contributed by atoms with Crippen molar-refractivity contribution in [1.82, 2.24) is 15.5 Å². The maximum atomic E-state index is 12.4. The minimum atomic E-state index is -0.184. The average molecular weight is 526 g/mol. The number of hydrogen-bond acceptors (Lipinski definition) is 4. The molecule has 4 rings (SSSR count). The molecule has 30 heavy (non-hydrogen) atoms. The van der Waals surface area contributed by atoms with Crippen LogP contribution in [0.3, 0.4) is 0 Å². The number of ether oxygens (including phenoxy) is 1. The highest BCUT2D eigenvalue weighted by molar-refractivity contribution is 14.0. The molecule has 1 saturated heterocycles. The van der Waals surface area contributed by atoms with Crippen molar-refractivity contribution in [3.8, 4) is 0 Å². The van der Waals surface area contributed by atoms with Gasteiger partial charge in [-0.05, 0) is 31.4 Å². The Balaban J connectivity index is 0.00000256. The van der Waals surface area contributed by atoms with E-state index in [9.17, 15) is 9.59 Å². The van der Waals surface area contributed by atoms with Gasteiger partial charge in [0.25, 0.3) is 11.8 Å². The molecule has 3 atom stereocenters. The molecule has 2 aliphatic heterocycles. The number of unbranched alkanes of at least 4 members (excludes halogenated alkanes) is 1. The predicted octanol–water partition coefficient (Wildman–Crippen LogP) is 2.66. The van der Waals surface area contributed by atoms with E-state index in [-0.39, 0.29) is 41.2 Å². The highest BCUT2D eigenvalue weighted by Crippen LogP contribution is 2.52. The zero-order chi connectivity index (χ0) is 20.6. The van der Waals surface area contributed by atoms with Crippen molar-refractivity contribution in [2.75, 3.05) is 26.7 Å². The number of fused-ring (bicyclic) bond motifs is 2. The Bertz CT molecular complexity index is 806. The number of hydrogen-bond donors (Lipinski definition) is 2. The van der Waals surface area contributed by atoms with E-state index in [1.165, 1.54) is 4.90 Å². The average Bonchev–Trinajstić information content (AvgIpc) is 3.27. The number of imide groups is 1. The van der Waals surface area contributed by atoms with Crippen LogP contribution in [-0.2, 0) is 4.74 Å². The molecule has 1 aromatic rings. The van der Waals surface area contributed by atoms with Gasteiger partial charge in [-0.25, -0.2) is 0 Å². The van der Waals surface area contributed by atoms with Crippen molar-refractivity contribution >= 4 is 41.8 Å². The van der Waals surface area contributed by atoms with Crippen LogP contribution in [0.1, 0.15) is 53.8 Å². The zero-order valence-electron chi connectivity index (χ0n) is 17.8. The number of rotatable bonds is 6. The maximum Gasteiger partial charge on any atom is 0.261 e. The third kappa shape index (κ3) is 3.95. The first-order valence-electron chi connectivity index (χ1n) is 10.5. The second-order valence-corrected chi connectivity index (χ2v) is 8.70. The standard InChI is InChI=1S/C22H30N4O3.HI/c1-22(2)17(16-10-13-29-18(16)22)25-21(23-3)24-11-6-7-12-26-19(27)14-8-4-5-9-15(14)20(26)28;/h4-5,8-9,16-18H,6-7,10-13H2,1-3H3,(H2,23,24,25);1H. The summed E-state index contributed by atoms with van der Waals surface area (Å²) in [7, 11) is 1.78. The Hall–Kier alpha value is -1.68. The topological polar surface area (TPSA) is 83.0 Å². The van der Waals surface area contributed by atoms with Crippen molar-refractivity contribution in [3.05, 3.63) is 35.4 Å². The number of nitrogens with zero attached hydrogens (tertiary/aromatic N) is 2. The van der Waals surface area contributed by atoms with Crippen LogP contribution in [0.5, 0.6) is 0 Å². The molecule has 2 amide bonds. The zero-order valence-corrected chi connectivity index (χ0v) is 20.1. The van der Waals surface area contributed by atoms with Crippen LogP contribution >= 0.6 is 24.0 Å². The lowest BCUT2D eigenvalue weighted by Crippen LogP contribution is -2.67. The first-order chi connectivity index (χ1) is 13.9. The smallest absolute Gasteiger partial charge is 0.261 e. The summed E-state index contributed by atoms with van der Waals surface area (Å²) >= 11 is 0. The first-order valence-corrected chi connectivity index (χ1v) is 10.5. The Morgan fingerprint density at radius 1 is 1.20 bits per heavy atom. The molecule has 3 aliphatic rings. The fourth-order valence-corrected chi connectivity index (χ4v) is 5.00. The highest BCUT2D eigenvalue weighted by atomic mass is 127. The van der Waals surface area contributed by atoms with Crippen LogP contribution in [-0.4, -0.2) is 61.6 Å². The first kappa shape index (κ1) is 23.0. The summed E-state index contributed by atoms with van der Waals surface area (Å²) in [5.74, 6) is 0.986. The fourth-order valence-electron chi connectivity index (χ4n) is 5.00. The van der Waals surface area contributed by atoms with E-state index in [2.05, 4.69) is 29.5 Å². The number of benzene rings is 1. The molecule has 7 nitrogen and oxygen atoms in total. The molecule has 164 valence electrons. The SMILES string of the molecule is CN=C(NCCCCN1C(=O)c2ccccc2C1=O)NC1C2CCOC2C1(C)C.I. The number of guanidine groups is 1. The van der Waals surface area contributed by atoms with Gasteiger partial charge in [0.1, 0.15) is 0 Å². The molecular weight excluding hydrogens is 495 g/mol. The number of nitrogens with one attached hydrogen (secondary N) is 2. The molecule has 1 saturated carbocycles. The molecule has 2 fully saturated rings. The lowest BCUT2D eigenvalue weighted by molar-refractivity contribution is -0.106. The van der Waals surface area contributed by atoms with Gasteiger partial charge in [0.2, 0.25) is 0 Å². The molecule has 2 N–H and O–H groups in total. The third-order valence-electron chi connectivity index (χ3n) is 6.60. The van der Waals surface area contributed by atoms with Gasteiger partial charge in [-0.15, -0.1) is 24.0 Å². The molecule has 1 aromatic carbocycles. The molecule has 0 radical (unpaired) electrons. The molecule has 0 aromatic heterocycles. The number of amides is 2. The highest BCUT2D eigenvalue weighted by Gasteiger charge is 2.59. The maximum absolute atomic E-state index is 12.4. The van der Waals surface area contributed by atoms with E-state index >= 15 is 0 Å². The molecule has 3 unspecified atom stereocenters. The summed E-state index contributed by atoms with van der Waals surface area (Å²) < 4.78 is 5.86. The minimum absolute atomic E-state index is 0. The predicted molar refractivity (Wildman–Crippen MR) is 126 cm³/mol. The molecule has 1 aliphatic carbocycles. The lowest BCUT2D eigenvalue weighted by atomic mass is 9.57. The summed E-state index contributed by atoms with van der Waals surface area (Å²) in [6, 6.07) is 7.38. The van der Waals surface area contributed by atoms with E-state index in [0.717, 1.165) is 38.4 Å². The van der Waals surface area contributed by atoms with Gasteiger partial charge in [-0.1, -0.05) is 26.0 Å². The number of carbonyl (C=O) groups is 2. The van der Waals surface area contributed by atoms with Crippen molar-refractivity contribution in [2.45, 2.75) is 45.3 Å². The molecular formula is C22H31IN4O3. The van der Waals surface area contributed by atoms with E-state index in [0.29, 0.717) is 35.7 Å². The summed E-state index contributed by atoms with van der Waals surface area (Å²) in [6.07, 6.45) is 3.04. The van der Waals surface area contributed by atoms with Crippen molar-refractivity contribution in [2.24, 2.45) is 16.3 Å². The second kappa shape index (κ2) is 9.21. The summed E-state index contributed by atoms with van der Waals surface area (Å²) in [4.78, 5) is 30.5. The number of aliphatic imine (C=N–C) groups is 1. The monoisotopic (exact) mass is 526 g/mol. The molecule has 2 heterocycles. The van der Waals surface area contributed by atoms with Crippen LogP contribution in [0.2, 0.25) is 0 Å². The summed E-state index contributed by atoms with van der Waals surface area (Å²) in [5.41, 5.74) is 1.12. The number of carbonyl (C=O) groups excluding carboxylic acids is 2. The van der Waals surface area contributed by atoms with Gasteiger partial charge < -0.3 is 15.4 Å². The Kier molecular flexibility index (Phi) is 7.06. The van der Waals surface area contributed by atoms with E-state index in [1.54, 1.807) is 31.3 Å². The van der Waals surface area contributed by atoms with Crippen LogP contribution in [0, 0.1) is 11.3 Å². The molecule has 0 spiro atoms. The van der Waals surface area contributed by atoms with E-state index in [4.69, 9.17) is 4.74 Å². The fraction of sp³-hybridized carbons (Fsp3) is 0.591. The van der Waals surface area contributed by atoms with E-state index < -0.39 is 0 Å². The normalized spacial score (nSPS) is 26.6. The van der Waals surface area contributed by atoms with Gasteiger partial charge in [0, 0.05) is 44.1 Å². The Morgan fingerprint density at radius 3 is 2.50 bits per heavy atom. The van der Waals surface area contributed by atoms with Crippen molar-refractivity contribution in [3.63, 3.8) is 0 Å². The van der Waals surface area contributed by atoms with Crippen LogP contribution in [0.15, 0.2) is 29.3 Å². The van der Waals surface area contributed by atoms with Crippen LogP contribution in [0.25, 0.3) is 0 Å². The van der Waals surface area contributed by atoms with Gasteiger partial charge >= 0.3 is 0 Å². The minimum Gasteiger partial charge on any atom is -0.377 e. The Labute approximate surface area is 195 Å². The van der Waals surface area contributed by atoms with Crippen LogP contribution in [0.4, 0.5) is 0 Å². The van der Waals surface area contributed by atoms with Gasteiger partial charge in [0.15, 0.2) is 5.96 Å². The molecule has 8 heteroatoms. The van der Waals surface area contributed by atoms with Crippen molar-refractivity contribution < 1.29 is 14.3 Å². The van der Waals surface area contributed by atoms with Crippen molar-refractivity contribution in [1.29, 1.82) is 0 Å². The van der Waals surface area contributed by atoms with Gasteiger partial charge in [0.05, 0.1) is 17.2 Å². The van der Waals surface area contributed by atoms with Gasteiger partial charge in [-0.3, -0.25) is 19.5 Å². The van der Waals surface area contributed by atoms with E-state index in [1.807, 2.05) is 0 Å². The number of halogens is 1. The largest absolute Gasteiger partial charge is 0.377 e. The lowest BCUT2D eigenvalue weighted by Gasteiger charge is -2.54. The quantitative estimate of drug-likeness (QED) is 0.196. The molecule has 0 bridgehead atoms. The van der Waals surface area contributed by atoms with Crippen LogP contribution < -0.4 is 10.6 Å². The summed E-state index contributed by atoms with van der Waals surface area (Å²) in [5, 5.41) is 6.92.